The Hall–Kier alpha value is -2.17. The van der Waals surface area contributed by atoms with Crippen molar-refractivity contribution in [3.63, 3.8) is 0 Å². The quantitative estimate of drug-likeness (QED) is 0.862. The minimum absolute atomic E-state index is 0.0287. The third-order valence-corrected chi connectivity index (χ3v) is 3.96. The fourth-order valence-corrected chi connectivity index (χ4v) is 2.82. The third-order valence-electron chi connectivity index (χ3n) is 3.96. The zero-order valence-electron chi connectivity index (χ0n) is 12.4. The molecule has 0 fully saturated rings. The van der Waals surface area contributed by atoms with Crippen LogP contribution in [0.4, 0.5) is 0 Å². The van der Waals surface area contributed by atoms with E-state index in [1.165, 1.54) is 11.1 Å². The molecule has 5 heteroatoms. The first-order valence-electron chi connectivity index (χ1n) is 7.30. The Labute approximate surface area is 124 Å². The Morgan fingerprint density at radius 2 is 1.86 bits per heavy atom. The van der Waals surface area contributed by atoms with Crippen molar-refractivity contribution < 1.29 is 9.21 Å². The van der Waals surface area contributed by atoms with E-state index in [2.05, 4.69) is 22.3 Å². The summed E-state index contributed by atoms with van der Waals surface area (Å²) in [7, 11) is 1.79. The number of rotatable bonds is 4. The van der Waals surface area contributed by atoms with Crippen LogP contribution in [0.1, 0.15) is 29.8 Å². The number of amides is 1. The maximum atomic E-state index is 12.5. The summed E-state index contributed by atoms with van der Waals surface area (Å²) >= 11 is 0. The van der Waals surface area contributed by atoms with Crippen molar-refractivity contribution in [3.05, 3.63) is 47.2 Å². The van der Waals surface area contributed by atoms with E-state index >= 15 is 0 Å². The number of carbonyl (C=O) groups excluding carboxylic acids is 1. The maximum Gasteiger partial charge on any atom is 0.235 e. The first kappa shape index (κ1) is 13.8. The van der Waals surface area contributed by atoms with Gasteiger partial charge in [-0.3, -0.25) is 4.79 Å². The average molecular weight is 285 g/mol. The van der Waals surface area contributed by atoms with Crippen LogP contribution in [0.2, 0.25) is 0 Å². The summed E-state index contributed by atoms with van der Waals surface area (Å²) in [5.74, 6) is 1.28. The smallest absolute Gasteiger partial charge is 0.235 e. The van der Waals surface area contributed by atoms with E-state index in [4.69, 9.17) is 4.42 Å². The van der Waals surface area contributed by atoms with E-state index in [1.54, 1.807) is 11.9 Å². The van der Waals surface area contributed by atoms with E-state index in [0.29, 0.717) is 24.7 Å². The van der Waals surface area contributed by atoms with Gasteiger partial charge in [-0.1, -0.05) is 31.2 Å². The highest BCUT2D eigenvalue weighted by Gasteiger charge is 2.29. The Morgan fingerprint density at radius 1 is 1.24 bits per heavy atom. The second-order valence-electron chi connectivity index (χ2n) is 5.51. The molecule has 1 aliphatic rings. The number of benzene rings is 1. The molecule has 0 aliphatic heterocycles. The number of hydrogen-bond acceptors (Lipinski definition) is 4. The Bertz CT molecular complexity index is 625. The minimum Gasteiger partial charge on any atom is -0.423 e. The molecular formula is C16H19N3O2. The predicted molar refractivity (Wildman–Crippen MR) is 77.5 cm³/mol. The van der Waals surface area contributed by atoms with Gasteiger partial charge in [0.05, 0.1) is 6.54 Å². The minimum atomic E-state index is 0.0287. The molecule has 0 N–H and O–H groups in total. The Kier molecular flexibility index (Phi) is 3.73. The van der Waals surface area contributed by atoms with Gasteiger partial charge in [-0.25, -0.2) is 0 Å². The number of nitrogens with zero attached hydrogens (tertiary/aromatic N) is 3. The van der Waals surface area contributed by atoms with Crippen LogP contribution in [0.3, 0.4) is 0 Å². The highest BCUT2D eigenvalue weighted by molar-refractivity contribution is 5.80. The molecule has 0 radical (unpaired) electrons. The molecule has 0 saturated heterocycles. The first-order chi connectivity index (χ1) is 10.2. The normalized spacial score (nSPS) is 14.2. The lowest BCUT2D eigenvalue weighted by Crippen LogP contribution is -2.33. The molecule has 0 atom stereocenters. The summed E-state index contributed by atoms with van der Waals surface area (Å²) in [5.41, 5.74) is 2.57. The van der Waals surface area contributed by atoms with Crippen LogP contribution in [-0.4, -0.2) is 28.1 Å². The lowest BCUT2D eigenvalue weighted by molar-refractivity contribution is -0.134. The van der Waals surface area contributed by atoms with Crippen LogP contribution in [0, 0.1) is 5.92 Å². The molecule has 1 aliphatic carbocycles. The van der Waals surface area contributed by atoms with E-state index < -0.39 is 0 Å². The van der Waals surface area contributed by atoms with Gasteiger partial charge in [0.15, 0.2) is 0 Å². The second-order valence-corrected chi connectivity index (χ2v) is 5.51. The highest BCUT2D eigenvalue weighted by atomic mass is 16.4. The number of fused-ring (bicyclic) bond motifs is 1. The molecule has 1 amide bonds. The van der Waals surface area contributed by atoms with Crippen molar-refractivity contribution >= 4 is 5.91 Å². The molecule has 1 aromatic heterocycles. The predicted octanol–water partition coefficient (Wildman–Crippen LogP) is 2.01. The topological polar surface area (TPSA) is 59.2 Å². The monoisotopic (exact) mass is 285 g/mol. The highest BCUT2D eigenvalue weighted by Crippen LogP contribution is 2.27. The molecule has 5 nitrogen and oxygen atoms in total. The molecule has 2 aromatic rings. The number of aryl methyl sites for hydroxylation is 1. The summed E-state index contributed by atoms with van der Waals surface area (Å²) in [4.78, 5) is 14.2. The van der Waals surface area contributed by atoms with Gasteiger partial charge < -0.3 is 9.32 Å². The van der Waals surface area contributed by atoms with Gasteiger partial charge in [-0.2, -0.15) is 0 Å². The molecule has 1 aromatic carbocycles. The fraction of sp³-hybridized carbons (Fsp3) is 0.438. The van der Waals surface area contributed by atoms with Gasteiger partial charge in [0.1, 0.15) is 0 Å². The second kappa shape index (κ2) is 5.68. The summed E-state index contributed by atoms with van der Waals surface area (Å²) in [6.45, 7) is 2.33. The van der Waals surface area contributed by atoms with E-state index in [-0.39, 0.29) is 11.8 Å². The Morgan fingerprint density at radius 3 is 2.43 bits per heavy atom. The van der Waals surface area contributed by atoms with E-state index in [0.717, 1.165) is 12.8 Å². The maximum absolute atomic E-state index is 12.5. The number of carbonyl (C=O) groups is 1. The molecule has 21 heavy (non-hydrogen) atoms. The molecule has 0 bridgehead atoms. The van der Waals surface area contributed by atoms with Gasteiger partial charge in [0.2, 0.25) is 17.7 Å². The zero-order chi connectivity index (χ0) is 14.8. The first-order valence-corrected chi connectivity index (χ1v) is 7.30. The molecule has 1 heterocycles. The van der Waals surface area contributed by atoms with Crippen molar-refractivity contribution in [2.24, 2.45) is 5.92 Å². The number of hydrogen-bond donors (Lipinski definition) is 0. The fourth-order valence-electron chi connectivity index (χ4n) is 2.82. The molecule has 0 saturated carbocycles. The summed E-state index contributed by atoms with van der Waals surface area (Å²) in [6.07, 6.45) is 2.36. The van der Waals surface area contributed by atoms with Gasteiger partial charge in [0, 0.05) is 19.4 Å². The summed E-state index contributed by atoms with van der Waals surface area (Å²) in [6, 6.07) is 8.27. The van der Waals surface area contributed by atoms with Crippen molar-refractivity contribution in [3.8, 4) is 0 Å². The third kappa shape index (κ3) is 2.82. The molecular weight excluding hydrogens is 266 g/mol. The van der Waals surface area contributed by atoms with Crippen molar-refractivity contribution in [2.45, 2.75) is 32.7 Å². The molecule has 110 valence electrons. The van der Waals surface area contributed by atoms with Crippen LogP contribution < -0.4 is 0 Å². The van der Waals surface area contributed by atoms with Gasteiger partial charge >= 0.3 is 0 Å². The van der Waals surface area contributed by atoms with Crippen LogP contribution in [-0.2, 0) is 30.6 Å². The largest absolute Gasteiger partial charge is 0.423 e. The van der Waals surface area contributed by atoms with Crippen molar-refractivity contribution in [2.75, 3.05) is 7.05 Å². The van der Waals surface area contributed by atoms with E-state index in [1.807, 2.05) is 19.1 Å². The van der Waals surface area contributed by atoms with Gasteiger partial charge in [-0.15, -0.1) is 10.2 Å². The van der Waals surface area contributed by atoms with Crippen LogP contribution in [0.5, 0.6) is 0 Å². The lowest BCUT2D eigenvalue weighted by atomic mass is 10.1. The summed E-state index contributed by atoms with van der Waals surface area (Å²) < 4.78 is 5.46. The Balaban J connectivity index is 1.63. The zero-order valence-corrected chi connectivity index (χ0v) is 12.4. The van der Waals surface area contributed by atoms with Crippen molar-refractivity contribution in [1.82, 2.24) is 15.1 Å². The SMILES string of the molecule is CCc1nnc(CN(C)C(=O)C2Cc3ccccc3C2)o1. The van der Waals surface area contributed by atoms with Crippen LogP contribution in [0.15, 0.2) is 28.7 Å². The molecule has 0 spiro atoms. The average Bonchev–Trinajstić information content (AvgIpc) is 3.12. The van der Waals surface area contributed by atoms with Crippen LogP contribution >= 0.6 is 0 Å². The number of aromatic nitrogens is 2. The lowest BCUT2D eigenvalue weighted by Gasteiger charge is -2.19. The molecule has 3 rings (SSSR count). The van der Waals surface area contributed by atoms with Crippen molar-refractivity contribution in [1.29, 1.82) is 0 Å². The summed E-state index contributed by atoms with van der Waals surface area (Å²) in [5, 5.41) is 7.89. The van der Waals surface area contributed by atoms with Gasteiger partial charge in [-0.05, 0) is 24.0 Å². The van der Waals surface area contributed by atoms with Crippen LogP contribution in [0.25, 0.3) is 0 Å². The molecule has 0 unspecified atom stereocenters. The van der Waals surface area contributed by atoms with Gasteiger partial charge in [0.25, 0.3) is 0 Å². The van der Waals surface area contributed by atoms with E-state index in [9.17, 15) is 4.79 Å². The standard InChI is InChI=1S/C16H19N3O2/c1-3-14-17-18-15(21-14)10-19(2)16(20)13-8-11-6-4-5-7-12(11)9-13/h4-7,13H,3,8-10H2,1-2H3.